The fraction of sp³-hybridized carbons (Fsp3) is 0.182. The van der Waals surface area contributed by atoms with Crippen LogP contribution in [0.15, 0.2) is 12.1 Å². The van der Waals surface area contributed by atoms with Gasteiger partial charge in [0, 0.05) is 5.56 Å². The molecule has 0 bridgehead atoms. The van der Waals surface area contributed by atoms with Crippen molar-refractivity contribution in [1.29, 1.82) is 0 Å². The highest BCUT2D eigenvalue weighted by molar-refractivity contribution is 5.92. The van der Waals surface area contributed by atoms with Crippen LogP contribution in [-0.4, -0.2) is 38.3 Å². The summed E-state index contributed by atoms with van der Waals surface area (Å²) in [7, 11) is 0. The van der Waals surface area contributed by atoms with Gasteiger partial charge < -0.3 is 20.4 Å². The molecule has 1 aromatic carbocycles. The van der Waals surface area contributed by atoms with Gasteiger partial charge in [0.15, 0.2) is 0 Å². The first kappa shape index (κ1) is 13.5. The van der Waals surface area contributed by atoms with E-state index < -0.39 is 42.1 Å². The zero-order valence-corrected chi connectivity index (χ0v) is 9.08. The Morgan fingerprint density at radius 1 is 0.944 bits per heavy atom. The summed E-state index contributed by atoms with van der Waals surface area (Å²) in [6.45, 7) is 0. The van der Waals surface area contributed by atoms with Crippen LogP contribution in [0.2, 0.25) is 0 Å². The lowest BCUT2D eigenvalue weighted by atomic mass is 10.00. The molecule has 0 aliphatic heterocycles. The molecule has 0 unspecified atom stereocenters. The average molecular weight is 254 g/mol. The highest BCUT2D eigenvalue weighted by atomic mass is 16.4. The van der Waals surface area contributed by atoms with Crippen molar-refractivity contribution in [2.75, 3.05) is 0 Å². The van der Waals surface area contributed by atoms with E-state index in [9.17, 15) is 19.5 Å². The minimum atomic E-state index is -1.45. The smallest absolute Gasteiger partial charge is 0.339 e. The van der Waals surface area contributed by atoms with Crippen molar-refractivity contribution >= 4 is 17.9 Å². The zero-order valence-electron chi connectivity index (χ0n) is 9.08. The molecule has 0 spiro atoms. The van der Waals surface area contributed by atoms with Crippen molar-refractivity contribution in [3.8, 4) is 5.75 Å². The number of rotatable bonds is 5. The second-order valence-electron chi connectivity index (χ2n) is 3.60. The van der Waals surface area contributed by atoms with Crippen molar-refractivity contribution in [2.45, 2.75) is 12.8 Å². The molecule has 0 fully saturated rings. The highest BCUT2D eigenvalue weighted by Gasteiger charge is 2.18. The van der Waals surface area contributed by atoms with Gasteiger partial charge in [0.2, 0.25) is 0 Å². The molecule has 18 heavy (non-hydrogen) atoms. The molecule has 0 amide bonds. The summed E-state index contributed by atoms with van der Waals surface area (Å²) < 4.78 is 0. The third kappa shape index (κ3) is 3.21. The van der Waals surface area contributed by atoms with Crippen LogP contribution in [0, 0.1) is 0 Å². The summed E-state index contributed by atoms with van der Waals surface area (Å²) in [5.41, 5.74) is -0.516. The maximum atomic E-state index is 10.8. The molecule has 0 aliphatic rings. The van der Waals surface area contributed by atoms with Gasteiger partial charge in [0.25, 0.3) is 0 Å². The molecule has 7 nitrogen and oxygen atoms in total. The van der Waals surface area contributed by atoms with Gasteiger partial charge in [0.05, 0.1) is 12.8 Å². The number of carboxylic acids is 3. The SMILES string of the molecule is O=C(O)Cc1cc(CC(=O)O)c(O)c(C(=O)O)c1. The van der Waals surface area contributed by atoms with Crippen LogP contribution < -0.4 is 0 Å². The number of aromatic hydroxyl groups is 1. The van der Waals surface area contributed by atoms with Crippen LogP contribution in [0.1, 0.15) is 21.5 Å². The molecule has 0 radical (unpaired) electrons. The fourth-order valence-electron chi connectivity index (χ4n) is 1.50. The minimum Gasteiger partial charge on any atom is -0.507 e. The third-order valence-electron chi connectivity index (χ3n) is 2.18. The van der Waals surface area contributed by atoms with Crippen molar-refractivity contribution < 1.29 is 34.8 Å². The lowest BCUT2D eigenvalue weighted by Gasteiger charge is -2.08. The number of hydrogen-bond acceptors (Lipinski definition) is 4. The quantitative estimate of drug-likeness (QED) is 0.595. The number of benzene rings is 1. The molecule has 0 saturated carbocycles. The Morgan fingerprint density at radius 2 is 1.50 bits per heavy atom. The van der Waals surface area contributed by atoms with Gasteiger partial charge in [-0.3, -0.25) is 9.59 Å². The highest BCUT2D eigenvalue weighted by Crippen LogP contribution is 2.25. The summed E-state index contributed by atoms with van der Waals surface area (Å²) >= 11 is 0. The molecule has 4 N–H and O–H groups in total. The Labute approximate surface area is 101 Å². The minimum absolute atomic E-state index is 0.119. The molecule has 0 aromatic heterocycles. The van der Waals surface area contributed by atoms with E-state index in [4.69, 9.17) is 15.3 Å². The molecule has 0 aliphatic carbocycles. The van der Waals surface area contributed by atoms with E-state index in [1.165, 1.54) is 6.07 Å². The average Bonchev–Trinajstić information content (AvgIpc) is 2.20. The summed E-state index contributed by atoms with van der Waals surface area (Å²) in [5, 5.41) is 35.6. The van der Waals surface area contributed by atoms with Gasteiger partial charge in [0.1, 0.15) is 11.3 Å². The van der Waals surface area contributed by atoms with Crippen molar-refractivity contribution in [3.05, 3.63) is 28.8 Å². The molecule has 1 rings (SSSR count). The predicted molar refractivity (Wildman–Crippen MR) is 57.7 cm³/mol. The van der Waals surface area contributed by atoms with Gasteiger partial charge in [-0.25, -0.2) is 4.79 Å². The van der Waals surface area contributed by atoms with Crippen LogP contribution in [0.4, 0.5) is 0 Å². The van der Waals surface area contributed by atoms with Crippen LogP contribution in [0.25, 0.3) is 0 Å². The van der Waals surface area contributed by atoms with E-state index in [-0.39, 0.29) is 11.1 Å². The van der Waals surface area contributed by atoms with Crippen molar-refractivity contribution in [3.63, 3.8) is 0 Å². The normalized spacial score (nSPS) is 10.0. The van der Waals surface area contributed by atoms with E-state index in [2.05, 4.69) is 0 Å². The van der Waals surface area contributed by atoms with Crippen LogP contribution >= 0.6 is 0 Å². The molecule has 1 aromatic rings. The molecular weight excluding hydrogens is 244 g/mol. The monoisotopic (exact) mass is 254 g/mol. The van der Waals surface area contributed by atoms with Gasteiger partial charge in [-0.1, -0.05) is 6.07 Å². The van der Waals surface area contributed by atoms with Crippen LogP contribution in [-0.2, 0) is 22.4 Å². The number of hydrogen-bond donors (Lipinski definition) is 4. The van der Waals surface area contributed by atoms with Crippen molar-refractivity contribution in [2.24, 2.45) is 0 Å². The largest absolute Gasteiger partial charge is 0.507 e. The summed E-state index contributed by atoms with van der Waals surface area (Å²) in [4.78, 5) is 31.9. The Kier molecular flexibility index (Phi) is 3.88. The fourth-order valence-corrected chi connectivity index (χ4v) is 1.50. The second-order valence-corrected chi connectivity index (χ2v) is 3.60. The maximum Gasteiger partial charge on any atom is 0.339 e. The lowest BCUT2D eigenvalue weighted by molar-refractivity contribution is -0.137. The summed E-state index contributed by atoms with van der Waals surface area (Å²) in [6.07, 6.45) is -1.03. The van der Waals surface area contributed by atoms with Crippen LogP contribution in [0.5, 0.6) is 5.75 Å². The van der Waals surface area contributed by atoms with Gasteiger partial charge in [-0.15, -0.1) is 0 Å². The van der Waals surface area contributed by atoms with Crippen LogP contribution in [0.3, 0.4) is 0 Å². The Morgan fingerprint density at radius 3 is 1.94 bits per heavy atom. The van der Waals surface area contributed by atoms with Gasteiger partial charge in [-0.05, 0) is 11.6 Å². The predicted octanol–water partition coefficient (Wildman–Crippen LogP) is 0.345. The van der Waals surface area contributed by atoms with Gasteiger partial charge in [-0.2, -0.15) is 0 Å². The molecular formula is C11H10O7. The van der Waals surface area contributed by atoms with E-state index >= 15 is 0 Å². The molecule has 0 saturated heterocycles. The maximum absolute atomic E-state index is 10.8. The Hall–Kier alpha value is -2.57. The molecule has 0 atom stereocenters. The Balaban J connectivity index is 3.31. The number of phenols is 1. The topological polar surface area (TPSA) is 132 Å². The van der Waals surface area contributed by atoms with E-state index in [1.54, 1.807) is 0 Å². The number of aliphatic carboxylic acids is 2. The zero-order chi connectivity index (χ0) is 13.9. The molecule has 0 heterocycles. The van der Waals surface area contributed by atoms with E-state index in [0.29, 0.717) is 0 Å². The van der Waals surface area contributed by atoms with Gasteiger partial charge >= 0.3 is 17.9 Å². The molecule has 7 heteroatoms. The Bertz CT molecular complexity index is 518. The first-order valence-corrected chi connectivity index (χ1v) is 4.83. The van der Waals surface area contributed by atoms with E-state index in [0.717, 1.165) is 6.07 Å². The number of aromatic carboxylic acids is 1. The summed E-state index contributed by atoms with van der Waals surface area (Å²) in [5.74, 6) is -4.54. The van der Waals surface area contributed by atoms with Crippen molar-refractivity contribution in [1.82, 2.24) is 0 Å². The number of carbonyl (C=O) groups is 3. The van der Waals surface area contributed by atoms with E-state index in [1.807, 2.05) is 0 Å². The molecule has 96 valence electrons. The first-order chi connectivity index (χ1) is 8.31. The number of carboxylic acid groups (broad SMARTS) is 3. The second kappa shape index (κ2) is 5.17. The third-order valence-corrected chi connectivity index (χ3v) is 2.18. The summed E-state index contributed by atoms with van der Waals surface area (Å²) in [6, 6.07) is 2.18. The first-order valence-electron chi connectivity index (χ1n) is 4.83. The lowest BCUT2D eigenvalue weighted by Crippen LogP contribution is -2.08. The standard InChI is InChI=1S/C11H10O7/c12-8(13)3-5-1-6(4-9(14)15)10(16)7(2-5)11(17)18/h1-2,16H,3-4H2,(H,12,13)(H,14,15)(H,17,18).